The first-order valence-corrected chi connectivity index (χ1v) is 16.0. The van der Waals surface area contributed by atoms with E-state index in [1.165, 1.54) is 0 Å². The fraction of sp³-hybridized carbons (Fsp3) is 0.348. The first-order valence-electron chi connectivity index (χ1n) is 9.62. The van der Waals surface area contributed by atoms with Crippen molar-refractivity contribution in [2.75, 3.05) is 0 Å². The minimum absolute atomic E-state index is 0.0732. The summed E-state index contributed by atoms with van der Waals surface area (Å²) < 4.78 is 80.3. The molecule has 0 aromatic heterocycles. The van der Waals surface area contributed by atoms with Crippen molar-refractivity contribution in [3.8, 4) is 11.1 Å². The first-order chi connectivity index (χ1) is 14.6. The summed E-state index contributed by atoms with van der Waals surface area (Å²) in [5.74, 6) is 0. The zero-order chi connectivity index (χ0) is 24.5. The average Bonchev–Trinajstić information content (AvgIpc) is 3.08. The molecule has 9 heteroatoms. The Balaban J connectivity index is 0.00000114. The predicted octanol–water partition coefficient (Wildman–Crippen LogP) is 9.50. The number of hydrogen-bond acceptors (Lipinski definition) is 0. The summed E-state index contributed by atoms with van der Waals surface area (Å²) in [5.41, 5.74) is -1.05. The molecule has 0 N–H and O–H groups in total. The van der Waals surface area contributed by atoms with Gasteiger partial charge in [-0.05, 0) is 35.6 Å². The van der Waals surface area contributed by atoms with Crippen LogP contribution in [0.4, 0.5) is 26.3 Å². The maximum absolute atomic E-state index is 13.4. The van der Waals surface area contributed by atoms with Gasteiger partial charge in [0.2, 0.25) is 0 Å². The van der Waals surface area contributed by atoms with Crippen molar-refractivity contribution in [3.05, 3.63) is 64.7 Å². The van der Waals surface area contributed by atoms with Gasteiger partial charge in [-0.3, -0.25) is 0 Å². The average molecular weight is 574 g/mol. The Morgan fingerprint density at radius 3 is 1.75 bits per heavy atom. The standard InChI is InChI=1S/C23H21F6.2ClH.Zr/c1-5-13-8-14-6-7-19(21(2,3)4)20(18(14)9-13)15-10-16(22(24,25)26)12-17(11-15)23(27,28)29;;;/h6-12H,5H2,1-4H3;2*1H;/q-1;;;+2/p-2. The van der Waals surface area contributed by atoms with Gasteiger partial charge in [0.1, 0.15) is 0 Å². The SMILES string of the molecule is CCc1cc2c(-c3cc(C(F)(F)F)cc(C(F)(F)F)c3)c(C(C)(C)C)ccc2[cH-]1.[Cl][Zr][Cl]. The van der Waals surface area contributed by atoms with Gasteiger partial charge in [0.25, 0.3) is 0 Å². The first kappa shape index (κ1) is 27.3. The third kappa shape index (κ3) is 6.36. The Morgan fingerprint density at radius 1 is 0.844 bits per heavy atom. The van der Waals surface area contributed by atoms with Gasteiger partial charge in [0.05, 0.1) is 11.1 Å². The molecule has 0 unspecified atom stereocenters. The van der Waals surface area contributed by atoms with E-state index in [2.05, 4.69) is 0 Å². The molecule has 0 aliphatic heterocycles. The molecule has 0 saturated carbocycles. The number of alkyl halides is 6. The molecule has 3 aromatic rings. The van der Waals surface area contributed by atoms with Crippen molar-refractivity contribution in [3.63, 3.8) is 0 Å². The van der Waals surface area contributed by atoms with Crippen LogP contribution in [0.3, 0.4) is 0 Å². The Morgan fingerprint density at radius 2 is 1.34 bits per heavy atom. The molecule has 32 heavy (non-hydrogen) atoms. The monoisotopic (exact) mass is 571 g/mol. The molecular formula is C23H21Cl2F6Zr-. The Bertz CT molecular complexity index is 1040. The van der Waals surface area contributed by atoms with Crippen LogP contribution in [0.15, 0.2) is 42.5 Å². The van der Waals surface area contributed by atoms with E-state index in [0.29, 0.717) is 16.5 Å². The number of rotatable bonds is 2. The van der Waals surface area contributed by atoms with Crippen LogP contribution >= 0.6 is 17.0 Å². The summed E-state index contributed by atoms with van der Waals surface area (Å²) in [4.78, 5) is 0. The van der Waals surface area contributed by atoms with E-state index < -0.39 is 49.7 Å². The van der Waals surface area contributed by atoms with E-state index in [4.69, 9.17) is 17.0 Å². The number of fused-ring (bicyclic) bond motifs is 1. The Kier molecular flexibility index (Phi) is 8.67. The van der Waals surface area contributed by atoms with E-state index in [9.17, 15) is 26.3 Å². The van der Waals surface area contributed by atoms with Crippen molar-refractivity contribution >= 4 is 27.8 Å². The molecule has 0 spiro atoms. The summed E-state index contributed by atoms with van der Waals surface area (Å²) in [5, 5.41) is 1.47. The molecule has 0 fully saturated rings. The van der Waals surface area contributed by atoms with Gasteiger partial charge in [0, 0.05) is 0 Å². The molecule has 174 valence electrons. The van der Waals surface area contributed by atoms with Gasteiger partial charge in [-0.2, -0.15) is 32.4 Å². The molecule has 3 aromatic carbocycles. The zero-order valence-electron chi connectivity index (χ0n) is 17.8. The molecule has 0 bridgehead atoms. The second-order valence-corrected chi connectivity index (χ2v) is 12.1. The van der Waals surface area contributed by atoms with Crippen LogP contribution in [0.25, 0.3) is 21.9 Å². The van der Waals surface area contributed by atoms with E-state index in [1.54, 1.807) is 6.07 Å². The molecule has 0 amide bonds. The zero-order valence-corrected chi connectivity index (χ0v) is 21.7. The van der Waals surface area contributed by atoms with Gasteiger partial charge in [-0.15, -0.1) is 34.5 Å². The topological polar surface area (TPSA) is 0 Å². The quantitative estimate of drug-likeness (QED) is 0.212. The van der Waals surface area contributed by atoms with Gasteiger partial charge in [-0.25, -0.2) is 0 Å². The van der Waals surface area contributed by atoms with E-state index >= 15 is 0 Å². The van der Waals surface area contributed by atoms with Crippen LogP contribution in [0.5, 0.6) is 0 Å². The van der Waals surface area contributed by atoms with Crippen molar-refractivity contribution in [2.45, 2.75) is 51.9 Å². The summed E-state index contributed by atoms with van der Waals surface area (Å²) in [6, 6.07) is 9.25. The van der Waals surface area contributed by atoms with Crippen molar-refractivity contribution in [2.24, 2.45) is 0 Å². The second kappa shape index (κ2) is 10.2. The molecule has 0 heterocycles. The summed E-state index contributed by atoms with van der Waals surface area (Å²) >= 11 is -0.826. The van der Waals surface area contributed by atoms with Crippen molar-refractivity contribution in [1.29, 1.82) is 0 Å². The molecule has 0 atom stereocenters. The molecule has 0 aliphatic carbocycles. The molecular weight excluding hydrogens is 552 g/mol. The fourth-order valence-corrected chi connectivity index (χ4v) is 3.58. The predicted molar refractivity (Wildman–Crippen MR) is 115 cm³/mol. The van der Waals surface area contributed by atoms with Crippen LogP contribution in [0.1, 0.15) is 49.9 Å². The fourth-order valence-electron chi connectivity index (χ4n) is 3.58. The van der Waals surface area contributed by atoms with Crippen LogP contribution in [-0.2, 0) is 45.0 Å². The summed E-state index contributed by atoms with van der Waals surface area (Å²) in [6.07, 6.45) is -9.05. The molecule has 0 saturated heterocycles. The summed E-state index contributed by atoms with van der Waals surface area (Å²) in [7, 11) is 9.87. The van der Waals surface area contributed by atoms with Gasteiger partial charge < -0.3 is 0 Å². The summed E-state index contributed by atoms with van der Waals surface area (Å²) in [6.45, 7) is 7.61. The second-order valence-electron chi connectivity index (χ2n) is 8.32. The van der Waals surface area contributed by atoms with Crippen LogP contribution in [-0.4, -0.2) is 0 Å². The van der Waals surface area contributed by atoms with Gasteiger partial charge in [-0.1, -0.05) is 38.8 Å². The normalized spacial score (nSPS) is 12.5. The molecule has 0 aliphatic rings. The van der Waals surface area contributed by atoms with E-state index in [1.807, 2.05) is 45.9 Å². The van der Waals surface area contributed by atoms with Crippen molar-refractivity contribution < 1.29 is 47.2 Å². The van der Waals surface area contributed by atoms with E-state index in [-0.39, 0.29) is 11.6 Å². The van der Waals surface area contributed by atoms with Crippen molar-refractivity contribution in [1.82, 2.24) is 0 Å². The van der Waals surface area contributed by atoms with Gasteiger partial charge in [0.15, 0.2) is 0 Å². The number of hydrogen-bond donors (Lipinski definition) is 0. The number of benzene rings is 2. The van der Waals surface area contributed by atoms with E-state index in [0.717, 1.165) is 29.5 Å². The third-order valence-electron chi connectivity index (χ3n) is 5.04. The van der Waals surface area contributed by atoms with Crippen LogP contribution in [0, 0.1) is 0 Å². The number of aryl methyl sites for hydroxylation is 1. The maximum atomic E-state index is 13.4. The Hall–Kier alpha value is -0.907. The Labute approximate surface area is 201 Å². The minimum atomic E-state index is -4.88. The van der Waals surface area contributed by atoms with Crippen LogP contribution in [0.2, 0.25) is 0 Å². The molecule has 0 radical (unpaired) electrons. The third-order valence-corrected chi connectivity index (χ3v) is 5.04. The molecule has 0 nitrogen and oxygen atoms in total. The molecule has 3 rings (SSSR count). The number of halogens is 8. The van der Waals surface area contributed by atoms with Crippen LogP contribution < -0.4 is 0 Å². The van der Waals surface area contributed by atoms with Gasteiger partial charge >= 0.3 is 50.2 Å².